The fourth-order valence-electron chi connectivity index (χ4n) is 3.40. The number of hydrogen-bond donors (Lipinski definition) is 1. The maximum absolute atomic E-state index is 12.1. The summed E-state index contributed by atoms with van der Waals surface area (Å²) in [5.41, 5.74) is 4.86. The maximum atomic E-state index is 12.1. The van der Waals surface area contributed by atoms with Crippen molar-refractivity contribution in [3.8, 4) is 11.4 Å². The Labute approximate surface area is 159 Å². The van der Waals surface area contributed by atoms with Crippen molar-refractivity contribution in [2.24, 2.45) is 0 Å². The van der Waals surface area contributed by atoms with Crippen LogP contribution in [0.4, 0.5) is 0 Å². The first kappa shape index (κ1) is 17.3. The first-order chi connectivity index (χ1) is 13.3. The molecular formula is C22H23N3O2. The summed E-state index contributed by atoms with van der Waals surface area (Å²) in [6.45, 7) is 0.516. The number of ether oxygens (including phenoxy) is 1. The summed E-state index contributed by atoms with van der Waals surface area (Å²) in [7, 11) is 0. The van der Waals surface area contributed by atoms with Crippen LogP contribution in [0.15, 0.2) is 61.2 Å². The van der Waals surface area contributed by atoms with Crippen LogP contribution in [0, 0.1) is 0 Å². The molecule has 138 valence electrons. The monoisotopic (exact) mass is 361 g/mol. The molecule has 1 amide bonds. The predicted molar refractivity (Wildman–Crippen MR) is 104 cm³/mol. The van der Waals surface area contributed by atoms with Gasteiger partial charge in [0.25, 0.3) is 5.91 Å². The second-order valence-corrected chi connectivity index (χ2v) is 6.84. The first-order valence-corrected chi connectivity index (χ1v) is 9.36. The molecule has 27 heavy (non-hydrogen) atoms. The van der Waals surface area contributed by atoms with Crippen molar-refractivity contribution in [3.63, 3.8) is 0 Å². The summed E-state index contributed by atoms with van der Waals surface area (Å²) in [4.78, 5) is 16.1. The SMILES string of the molecule is O=C(COc1ccc2c(c1)CCCC2)NCc1ccc(-n2ccnc2)cc1. The number of rotatable bonds is 6. The zero-order valence-electron chi connectivity index (χ0n) is 15.2. The lowest BCUT2D eigenvalue weighted by atomic mass is 9.92. The molecular weight excluding hydrogens is 338 g/mol. The van der Waals surface area contributed by atoms with Crippen LogP contribution in [0.5, 0.6) is 5.75 Å². The van der Waals surface area contributed by atoms with E-state index in [9.17, 15) is 4.79 Å². The maximum Gasteiger partial charge on any atom is 0.258 e. The zero-order chi connectivity index (χ0) is 18.5. The molecule has 0 radical (unpaired) electrons. The lowest BCUT2D eigenvalue weighted by molar-refractivity contribution is -0.123. The van der Waals surface area contributed by atoms with Crippen molar-refractivity contribution in [1.82, 2.24) is 14.9 Å². The molecule has 0 unspecified atom stereocenters. The van der Waals surface area contributed by atoms with Crippen LogP contribution in [0.1, 0.15) is 29.5 Å². The van der Waals surface area contributed by atoms with Gasteiger partial charge < -0.3 is 14.6 Å². The Hall–Kier alpha value is -3.08. The molecule has 0 aliphatic heterocycles. The molecule has 5 nitrogen and oxygen atoms in total. The minimum atomic E-state index is -0.119. The predicted octanol–water partition coefficient (Wildman–Crippen LogP) is 3.45. The van der Waals surface area contributed by atoms with Gasteiger partial charge in [-0.25, -0.2) is 4.98 Å². The quantitative estimate of drug-likeness (QED) is 0.732. The highest BCUT2D eigenvalue weighted by molar-refractivity contribution is 5.77. The molecule has 1 aliphatic rings. The number of imidazole rings is 1. The number of nitrogens with one attached hydrogen (secondary N) is 1. The smallest absolute Gasteiger partial charge is 0.258 e. The van der Waals surface area contributed by atoms with Crippen molar-refractivity contribution in [3.05, 3.63) is 77.9 Å². The Kier molecular flexibility index (Phi) is 5.19. The lowest BCUT2D eigenvalue weighted by Crippen LogP contribution is -2.28. The van der Waals surface area contributed by atoms with Gasteiger partial charge in [0.15, 0.2) is 6.61 Å². The van der Waals surface area contributed by atoms with E-state index in [-0.39, 0.29) is 12.5 Å². The van der Waals surface area contributed by atoms with E-state index < -0.39 is 0 Å². The normalized spacial score (nSPS) is 13.0. The molecule has 1 aliphatic carbocycles. The third kappa shape index (κ3) is 4.37. The molecule has 0 saturated heterocycles. The van der Waals surface area contributed by atoms with Crippen molar-refractivity contribution in [2.75, 3.05) is 6.61 Å². The fourth-order valence-corrected chi connectivity index (χ4v) is 3.40. The number of aromatic nitrogens is 2. The van der Waals surface area contributed by atoms with Crippen molar-refractivity contribution < 1.29 is 9.53 Å². The number of benzene rings is 2. The van der Waals surface area contributed by atoms with Gasteiger partial charge >= 0.3 is 0 Å². The Morgan fingerprint density at radius 2 is 1.89 bits per heavy atom. The molecule has 0 saturated carbocycles. The van der Waals surface area contributed by atoms with E-state index in [1.807, 2.05) is 41.1 Å². The number of amides is 1. The molecule has 5 heteroatoms. The fraction of sp³-hybridized carbons (Fsp3) is 0.273. The second-order valence-electron chi connectivity index (χ2n) is 6.84. The van der Waals surface area contributed by atoms with Crippen LogP contribution < -0.4 is 10.1 Å². The molecule has 2 aromatic carbocycles. The van der Waals surface area contributed by atoms with E-state index in [1.165, 1.54) is 24.0 Å². The van der Waals surface area contributed by atoms with Crippen molar-refractivity contribution in [1.29, 1.82) is 0 Å². The summed E-state index contributed by atoms with van der Waals surface area (Å²) in [6.07, 6.45) is 10.2. The molecule has 0 bridgehead atoms. The minimum absolute atomic E-state index is 0.0336. The molecule has 1 heterocycles. The van der Waals surface area contributed by atoms with Crippen LogP contribution in [0.3, 0.4) is 0 Å². The largest absolute Gasteiger partial charge is 0.484 e. The number of nitrogens with zero attached hydrogens (tertiary/aromatic N) is 2. The molecule has 0 fully saturated rings. The van der Waals surface area contributed by atoms with Gasteiger partial charge in [0.1, 0.15) is 5.75 Å². The number of hydrogen-bond acceptors (Lipinski definition) is 3. The number of fused-ring (bicyclic) bond motifs is 1. The topological polar surface area (TPSA) is 56.1 Å². The number of carbonyl (C=O) groups excluding carboxylic acids is 1. The van der Waals surface area contributed by atoms with Crippen LogP contribution in [0.25, 0.3) is 5.69 Å². The Morgan fingerprint density at radius 1 is 1.07 bits per heavy atom. The summed E-state index contributed by atoms with van der Waals surface area (Å²) in [5.74, 6) is 0.655. The average Bonchev–Trinajstić information content (AvgIpc) is 3.26. The number of aryl methyl sites for hydroxylation is 2. The van der Waals surface area contributed by atoms with Gasteiger partial charge in [0.05, 0.1) is 6.33 Å². The third-order valence-corrected chi connectivity index (χ3v) is 4.92. The standard InChI is InChI=1S/C22H23N3O2/c26-22(15-27-21-10-7-18-3-1-2-4-19(18)13-21)24-14-17-5-8-20(9-6-17)25-12-11-23-16-25/h5-13,16H,1-4,14-15H2,(H,24,26). The van der Waals surface area contributed by atoms with Gasteiger partial charge in [-0.15, -0.1) is 0 Å². The summed E-state index contributed by atoms with van der Waals surface area (Å²) < 4.78 is 7.61. The molecule has 3 aromatic rings. The van der Waals surface area contributed by atoms with E-state index in [0.717, 1.165) is 29.8 Å². The summed E-state index contributed by atoms with van der Waals surface area (Å²) in [6, 6.07) is 14.2. The highest BCUT2D eigenvalue weighted by Gasteiger charge is 2.10. The highest BCUT2D eigenvalue weighted by atomic mass is 16.5. The van der Waals surface area contributed by atoms with Gasteiger partial charge in [-0.3, -0.25) is 4.79 Å². The Morgan fingerprint density at radius 3 is 2.67 bits per heavy atom. The van der Waals surface area contributed by atoms with E-state index in [1.54, 1.807) is 12.5 Å². The van der Waals surface area contributed by atoms with Crippen molar-refractivity contribution >= 4 is 5.91 Å². The highest BCUT2D eigenvalue weighted by Crippen LogP contribution is 2.25. The molecule has 1 aromatic heterocycles. The molecule has 1 N–H and O–H groups in total. The Balaban J connectivity index is 1.26. The summed E-state index contributed by atoms with van der Waals surface area (Å²) in [5, 5.41) is 2.90. The van der Waals surface area contributed by atoms with Crippen LogP contribution in [0.2, 0.25) is 0 Å². The minimum Gasteiger partial charge on any atom is -0.484 e. The summed E-state index contributed by atoms with van der Waals surface area (Å²) >= 11 is 0. The molecule has 0 atom stereocenters. The molecule has 0 spiro atoms. The third-order valence-electron chi connectivity index (χ3n) is 4.92. The van der Waals surface area contributed by atoms with Crippen molar-refractivity contribution in [2.45, 2.75) is 32.2 Å². The zero-order valence-corrected chi connectivity index (χ0v) is 15.2. The van der Waals surface area contributed by atoms with E-state index in [4.69, 9.17) is 4.74 Å². The van der Waals surface area contributed by atoms with E-state index >= 15 is 0 Å². The van der Waals surface area contributed by atoms with Crippen LogP contribution in [-0.4, -0.2) is 22.1 Å². The Bertz CT molecular complexity index is 902. The van der Waals surface area contributed by atoms with Crippen LogP contribution in [-0.2, 0) is 24.2 Å². The average molecular weight is 361 g/mol. The second kappa shape index (κ2) is 8.08. The van der Waals surface area contributed by atoms with Gasteiger partial charge in [0, 0.05) is 24.6 Å². The van der Waals surface area contributed by atoms with Crippen LogP contribution >= 0.6 is 0 Å². The first-order valence-electron chi connectivity index (χ1n) is 9.36. The van der Waals surface area contributed by atoms with E-state index in [0.29, 0.717) is 6.54 Å². The van der Waals surface area contributed by atoms with Gasteiger partial charge in [0.2, 0.25) is 0 Å². The lowest BCUT2D eigenvalue weighted by Gasteiger charge is -2.16. The van der Waals surface area contributed by atoms with E-state index in [2.05, 4.69) is 22.4 Å². The number of carbonyl (C=O) groups is 1. The van der Waals surface area contributed by atoms with Gasteiger partial charge in [-0.2, -0.15) is 0 Å². The van der Waals surface area contributed by atoms with Gasteiger partial charge in [-0.05, 0) is 66.6 Å². The molecule has 4 rings (SSSR count). The van der Waals surface area contributed by atoms with Gasteiger partial charge in [-0.1, -0.05) is 18.2 Å².